The van der Waals surface area contributed by atoms with Crippen LogP contribution in [0.25, 0.3) is 0 Å². The van der Waals surface area contributed by atoms with Crippen LogP contribution in [0.2, 0.25) is 0 Å². The van der Waals surface area contributed by atoms with Crippen molar-refractivity contribution in [1.29, 1.82) is 0 Å². The highest BCUT2D eigenvalue weighted by Gasteiger charge is 2.47. The molecular formula is C21H30F3N3O3S. The molecule has 1 aliphatic carbocycles. The largest absolute Gasteiger partial charge is 0.416 e. The van der Waals surface area contributed by atoms with E-state index in [-0.39, 0.29) is 47.2 Å². The maximum absolute atomic E-state index is 13.0. The van der Waals surface area contributed by atoms with Gasteiger partial charge in [-0.1, -0.05) is 20.3 Å². The monoisotopic (exact) mass is 461 g/mol. The van der Waals surface area contributed by atoms with Crippen LogP contribution in [0.15, 0.2) is 29.2 Å². The molecule has 1 aromatic rings. The van der Waals surface area contributed by atoms with E-state index in [2.05, 4.69) is 10.6 Å². The molecule has 1 aliphatic heterocycles. The summed E-state index contributed by atoms with van der Waals surface area (Å²) in [4.78, 5) is 12.6. The molecule has 31 heavy (non-hydrogen) atoms. The van der Waals surface area contributed by atoms with E-state index in [0.717, 1.165) is 43.5 Å². The number of halogens is 3. The first-order chi connectivity index (χ1) is 14.5. The van der Waals surface area contributed by atoms with Crippen LogP contribution < -0.4 is 10.6 Å². The lowest BCUT2D eigenvalue weighted by molar-refractivity contribution is -0.137. The Morgan fingerprint density at radius 2 is 1.84 bits per heavy atom. The second-order valence-electron chi connectivity index (χ2n) is 8.61. The Balaban J connectivity index is 1.69. The fraction of sp³-hybridized carbons (Fsp3) is 0.667. The highest BCUT2D eigenvalue weighted by molar-refractivity contribution is 7.89. The maximum Gasteiger partial charge on any atom is 0.416 e. The highest BCUT2D eigenvalue weighted by Crippen LogP contribution is 2.40. The van der Waals surface area contributed by atoms with Crippen LogP contribution in [0.1, 0.15) is 38.7 Å². The van der Waals surface area contributed by atoms with Crippen molar-refractivity contribution in [2.24, 2.45) is 17.8 Å². The summed E-state index contributed by atoms with van der Waals surface area (Å²) >= 11 is 0. The number of benzene rings is 1. The van der Waals surface area contributed by atoms with E-state index < -0.39 is 21.8 Å². The predicted octanol–water partition coefficient (Wildman–Crippen LogP) is 2.85. The maximum atomic E-state index is 13.0. The number of nitrogens with one attached hydrogen (secondary N) is 2. The molecule has 2 aliphatic rings. The first-order valence-corrected chi connectivity index (χ1v) is 12.1. The SMILES string of the molecule is CC[C@H](C)[C@H](NC)C(=O)N[C@H]1CC[C@@H]2CN(S(=O)(=O)c3ccc(C(F)(F)F)cc3)C[C@@H]21. The lowest BCUT2D eigenvalue weighted by Gasteiger charge is -2.26. The van der Waals surface area contributed by atoms with Crippen LogP contribution in [-0.4, -0.2) is 50.9 Å². The third kappa shape index (κ3) is 4.90. The zero-order chi connectivity index (χ0) is 23.0. The molecule has 0 spiro atoms. The van der Waals surface area contributed by atoms with E-state index in [1.165, 1.54) is 4.31 Å². The molecule has 0 bridgehead atoms. The molecule has 0 aromatic heterocycles. The zero-order valence-corrected chi connectivity index (χ0v) is 18.8. The van der Waals surface area contributed by atoms with Gasteiger partial charge in [-0.3, -0.25) is 4.79 Å². The summed E-state index contributed by atoms with van der Waals surface area (Å²) in [6, 6.07) is 3.19. The molecule has 2 fully saturated rings. The molecule has 1 aromatic carbocycles. The third-order valence-corrected chi connectivity index (χ3v) is 8.62. The lowest BCUT2D eigenvalue weighted by Crippen LogP contribution is -2.51. The van der Waals surface area contributed by atoms with Gasteiger partial charge in [0.05, 0.1) is 16.5 Å². The number of carbonyl (C=O) groups excluding carboxylic acids is 1. The number of rotatable bonds is 7. The summed E-state index contributed by atoms with van der Waals surface area (Å²) in [5, 5.41) is 6.16. The second-order valence-corrected chi connectivity index (χ2v) is 10.6. The van der Waals surface area contributed by atoms with Crippen LogP contribution >= 0.6 is 0 Å². The van der Waals surface area contributed by atoms with Crippen molar-refractivity contribution < 1.29 is 26.4 Å². The number of carbonyl (C=O) groups is 1. The molecule has 10 heteroatoms. The summed E-state index contributed by atoms with van der Waals surface area (Å²) in [5.41, 5.74) is -0.882. The van der Waals surface area contributed by atoms with Crippen molar-refractivity contribution in [2.45, 2.75) is 56.3 Å². The summed E-state index contributed by atoms with van der Waals surface area (Å²) < 4.78 is 65.6. The van der Waals surface area contributed by atoms with Crippen LogP contribution in [0.5, 0.6) is 0 Å². The van der Waals surface area contributed by atoms with Gasteiger partial charge in [-0.25, -0.2) is 8.42 Å². The molecule has 1 saturated heterocycles. The average molecular weight is 462 g/mol. The van der Waals surface area contributed by atoms with Gasteiger partial charge in [0, 0.05) is 19.1 Å². The number of hydrogen-bond donors (Lipinski definition) is 2. The predicted molar refractivity (Wildman–Crippen MR) is 111 cm³/mol. The van der Waals surface area contributed by atoms with Crippen LogP contribution in [0.3, 0.4) is 0 Å². The lowest BCUT2D eigenvalue weighted by atomic mass is 9.95. The van der Waals surface area contributed by atoms with Crippen molar-refractivity contribution in [3.63, 3.8) is 0 Å². The van der Waals surface area contributed by atoms with Gasteiger partial charge in [0.15, 0.2) is 0 Å². The van der Waals surface area contributed by atoms with Crippen molar-refractivity contribution in [1.82, 2.24) is 14.9 Å². The fourth-order valence-corrected chi connectivity index (χ4v) is 6.28. The Kier molecular flexibility index (Phi) is 7.02. The van der Waals surface area contributed by atoms with Gasteiger partial charge in [0.25, 0.3) is 0 Å². The molecule has 174 valence electrons. The minimum Gasteiger partial charge on any atom is -0.352 e. The van der Waals surface area contributed by atoms with E-state index in [9.17, 15) is 26.4 Å². The molecule has 6 nitrogen and oxygen atoms in total. The van der Waals surface area contributed by atoms with Crippen LogP contribution in [0, 0.1) is 17.8 Å². The summed E-state index contributed by atoms with van der Waals surface area (Å²) in [5.74, 6) is 0.225. The standard InChI is InChI=1S/C21H30F3N3O3S/c1-4-13(2)19(25-3)20(28)26-18-10-5-14-11-27(12-17(14)18)31(29,30)16-8-6-15(7-9-16)21(22,23)24/h6-9,13-14,17-19,25H,4-5,10-12H2,1-3H3,(H,26,28)/t13-,14+,17-,18-,19-/m0/s1. The number of sulfonamides is 1. The van der Waals surface area contributed by atoms with E-state index in [1.54, 1.807) is 7.05 Å². The van der Waals surface area contributed by atoms with E-state index in [0.29, 0.717) is 6.54 Å². The molecule has 5 atom stereocenters. The third-order valence-electron chi connectivity index (χ3n) is 6.78. The Bertz CT molecular complexity index is 889. The van der Waals surface area contributed by atoms with Gasteiger partial charge in [-0.05, 0) is 61.9 Å². The minimum atomic E-state index is -4.52. The number of nitrogens with zero attached hydrogens (tertiary/aromatic N) is 1. The molecule has 1 saturated carbocycles. The zero-order valence-electron chi connectivity index (χ0n) is 17.9. The fourth-order valence-electron chi connectivity index (χ4n) is 4.75. The van der Waals surface area contributed by atoms with E-state index >= 15 is 0 Å². The quantitative estimate of drug-likeness (QED) is 0.655. The molecule has 0 unspecified atom stereocenters. The Hall–Kier alpha value is -1.65. The second kappa shape index (κ2) is 9.07. The van der Waals surface area contributed by atoms with Crippen molar-refractivity contribution in [3.8, 4) is 0 Å². The van der Waals surface area contributed by atoms with Gasteiger partial charge in [-0.2, -0.15) is 17.5 Å². The number of hydrogen-bond acceptors (Lipinski definition) is 4. The summed E-state index contributed by atoms with van der Waals surface area (Å²) in [7, 11) is -2.14. The molecular weight excluding hydrogens is 431 g/mol. The number of fused-ring (bicyclic) bond motifs is 1. The highest BCUT2D eigenvalue weighted by atomic mass is 32.2. The first-order valence-electron chi connectivity index (χ1n) is 10.6. The number of likely N-dealkylation sites (N-methyl/N-ethyl adjacent to an activating group) is 1. The molecule has 1 heterocycles. The number of alkyl halides is 3. The minimum absolute atomic E-state index is 0.00242. The van der Waals surface area contributed by atoms with Crippen molar-refractivity contribution in [2.75, 3.05) is 20.1 Å². The first kappa shape index (κ1) is 24.0. The van der Waals surface area contributed by atoms with Gasteiger partial charge < -0.3 is 10.6 Å². The van der Waals surface area contributed by atoms with Crippen LogP contribution in [0.4, 0.5) is 13.2 Å². The van der Waals surface area contributed by atoms with Gasteiger partial charge in [-0.15, -0.1) is 0 Å². The number of amides is 1. The Labute approximate surface area is 181 Å². The van der Waals surface area contributed by atoms with Crippen LogP contribution in [-0.2, 0) is 21.0 Å². The van der Waals surface area contributed by atoms with Gasteiger partial charge >= 0.3 is 6.18 Å². The van der Waals surface area contributed by atoms with E-state index in [4.69, 9.17) is 0 Å². The topological polar surface area (TPSA) is 78.5 Å². The summed E-state index contributed by atoms with van der Waals surface area (Å²) in [6.07, 6.45) is -2.05. The van der Waals surface area contributed by atoms with Gasteiger partial charge in [0.2, 0.25) is 15.9 Å². The van der Waals surface area contributed by atoms with E-state index in [1.807, 2.05) is 13.8 Å². The smallest absolute Gasteiger partial charge is 0.352 e. The summed E-state index contributed by atoms with van der Waals surface area (Å²) in [6.45, 7) is 4.61. The van der Waals surface area contributed by atoms with Crippen molar-refractivity contribution in [3.05, 3.63) is 29.8 Å². The average Bonchev–Trinajstić information content (AvgIpc) is 3.30. The normalized spacial score (nSPS) is 26.5. The Morgan fingerprint density at radius 3 is 2.39 bits per heavy atom. The molecule has 3 rings (SSSR count). The van der Waals surface area contributed by atoms with Crippen molar-refractivity contribution >= 4 is 15.9 Å². The molecule has 2 N–H and O–H groups in total. The molecule has 0 radical (unpaired) electrons. The van der Waals surface area contributed by atoms with Gasteiger partial charge in [0.1, 0.15) is 0 Å². The molecule has 1 amide bonds. The Morgan fingerprint density at radius 1 is 1.19 bits per heavy atom.